The second-order valence-corrected chi connectivity index (χ2v) is 4.17. The van der Waals surface area contributed by atoms with Crippen molar-refractivity contribution >= 4 is 6.72 Å². The molecule has 0 saturated heterocycles. The molecule has 18 heavy (non-hydrogen) atoms. The number of rotatable bonds is 4. The highest BCUT2D eigenvalue weighted by molar-refractivity contribution is 5.31. The van der Waals surface area contributed by atoms with Crippen LogP contribution in [0, 0.1) is 6.92 Å². The second-order valence-electron chi connectivity index (χ2n) is 4.17. The Morgan fingerprint density at radius 2 is 2.06 bits per heavy atom. The lowest BCUT2D eigenvalue weighted by atomic mass is 10.2. The predicted octanol–water partition coefficient (Wildman–Crippen LogP) is 4.51. The lowest BCUT2D eigenvalue weighted by Gasteiger charge is -1.93. The van der Waals surface area contributed by atoms with E-state index in [4.69, 9.17) is 0 Å². The summed E-state index contributed by atoms with van der Waals surface area (Å²) in [7, 11) is 0. The molecule has 2 heteroatoms. The van der Waals surface area contributed by atoms with Crippen molar-refractivity contribution in [1.29, 1.82) is 0 Å². The molecule has 0 aliphatic rings. The highest BCUT2D eigenvalue weighted by Gasteiger charge is 1.86. The van der Waals surface area contributed by atoms with Crippen LogP contribution >= 0.6 is 0 Å². The summed E-state index contributed by atoms with van der Waals surface area (Å²) in [5, 5.41) is 0. The predicted molar refractivity (Wildman–Crippen MR) is 81.1 cm³/mol. The second kappa shape index (κ2) is 9.34. The SMILES string of the molecule is C=N/C(=C\C(=C)C)CC.CCc1ccc(C)cn1. The van der Waals surface area contributed by atoms with Crippen LogP contribution < -0.4 is 0 Å². The van der Waals surface area contributed by atoms with E-state index in [1.807, 2.05) is 33.0 Å². The molecule has 1 aromatic rings. The minimum absolute atomic E-state index is 0.927. The van der Waals surface area contributed by atoms with Crippen molar-refractivity contribution in [3.05, 3.63) is 53.5 Å². The Morgan fingerprint density at radius 1 is 1.39 bits per heavy atom. The zero-order valence-electron chi connectivity index (χ0n) is 12.0. The molecule has 0 fully saturated rings. The largest absolute Gasteiger partial charge is 0.269 e. The summed E-state index contributed by atoms with van der Waals surface area (Å²) < 4.78 is 0. The molecular weight excluding hydrogens is 220 g/mol. The maximum atomic E-state index is 4.20. The lowest BCUT2D eigenvalue weighted by Crippen LogP contribution is -1.84. The molecule has 0 N–H and O–H groups in total. The summed E-state index contributed by atoms with van der Waals surface area (Å²) in [5.41, 5.74) is 4.43. The van der Waals surface area contributed by atoms with E-state index in [1.165, 1.54) is 11.3 Å². The molecule has 0 bridgehead atoms. The van der Waals surface area contributed by atoms with Crippen LogP contribution in [0.5, 0.6) is 0 Å². The van der Waals surface area contributed by atoms with Gasteiger partial charge in [-0.05, 0) is 51.1 Å². The maximum Gasteiger partial charge on any atom is 0.0401 e. The average molecular weight is 244 g/mol. The third-order valence-electron chi connectivity index (χ3n) is 2.31. The molecule has 0 aliphatic heterocycles. The fourth-order valence-corrected chi connectivity index (χ4v) is 1.25. The first-order valence-electron chi connectivity index (χ1n) is 6.27. The summed E-state index contributed by atoms with van der Waals surface area (Å²) in [5.74, 6) is 0. The number of hydrogen-bond acceptors (Lipinski definition) is 2. The third-order valence-corrected chi connectivity index (χ3v) is 2.31. The van der Waals surface area contributed by atoms with Crippen LogP contribution in [0.2, 0.25) is 0 Å². The molecule has 98 valence electrons. The molecule has 0 saturated carbocycles. The van der Waals surface area contributed by atoms with Gasteiger partial charge in [-0.3, -0.25) is 9.98 Å². The van der Waals surface area contributed by atoms with Crippen molar-refractivity contribution in [3.8, 4) is 0 Å². The molecule has 0 amide bonds. The van der Waals surface area contributed by atoms with E-state index in [0.29, 0.717) is 0 Å². The molecule has 0 aromatic carbocycles. The Balaban J connectivity index is 0.000000321. The molecule has 0 aliphatic carbocycles. The summed E-state index contributed by atoms with van der Waals surface area (Å²) in [4.78, 5) is 7.99. The van der Waals surface area contributed by atoms with Crippen molar-refractivity contribution in [2.75, 3.05) is 0 Å². The molecule has 1 heterocycles. The Hall–Kier alpha value is -1.70. The number of allylic oxidation sites excluding steroid dienone is 3. The van der Waals surface area contributed by atoms with Crippen LogP contribution in [0.3, 0.4) is 0 Å². The summed E-state index contributed by atoms with van der Waals surface area (Å²) in [6.07, 6.45) is 5.79. The van der Waals surface area contributed by atoms with Crippen LogP contribution in [0.15, 0.2) is 47.2 Å². The fraction of sp³-hybridized carbons (Fsp3) is 0.375. The third kappa shape index (κ3) is 7.55. The van der Waals surface area contributed by atoms with Crippen LogP contribution in [0.1, 0.15) is 38.4 Å². The normalized spacial score (nSPS) is 10.3. The molecule has 2 nitrogen and oxygen atoms in total. The van der Waals surface area contributed by atoms with Crippen molar-refractivity contribution in [3.63, 3.8) is 0 Å². The lowest BCUT2D eigenvalue weighted by molar-refractivity contribution is 1.03. The Labute approximate surface area is 111 Å². The van der Waals surface area contributed by atoms with Crippen molar-refractivity contribution in [2.45, 2.75) is 40.5 Å². The zero-order chi connectivity index (χ0) is 14.0. The van der Waals surface area contributed by atoms with Crippen molar-refractivity contribution in [2.24, 2.45) is 4.99 Å². The Bertz CT molecular complexity index is 400. The van der Waals surface area contributed by atoms with Crippen molar-refractivity contribution < 1.29 is 0 Å². The first kappa shape index (κ1) is 16.3. The van der Waals surface area contributed by atoms with Gasteiger partial charge in [-0.1, -0.05) is 32.1 Å². The number of nitrogens with zero attached hydrogens (tertiary/aromatic N) is 2. The summed E-state index contributed by atoms with van der Waals surface area (Å²) in [6.45, 7) is 15.3. The molecule has 1 aromatic heterocycles. The molecule has 1 rings (SSSR count). The molecule has 0 radical (unpaired) electrons. The van der Waals surface area contributed by atoms with E-state index in [0.717, 1.165) is 24.1 Å². The molecular formula is C16H24N2. The van der Waals surface area contributed by atoms with Gasteiger partial charge in [0.25, 0.3) is 0 Å². The average Bonchev–Trinajstić information content (AvgIpc) is 2.37. The van der Waals surface area contributed by atoms with Crippen LogP contribution in [-0.2, 0) is 6.42 Å². The Morgan fingerprint density at radius 3 is 2.33 bits per heavy atom. The van der Waals surface area contributed by atoms with E-state index < -0.39 is 0 Å². The number of aromatic nitrogens is 1. The minimum atomic E-state index is 0.927. The molecule has 0 unspecified atom stereocenters. The zero-order valence-corrected chi connectivity index (χ0v) is 12.0. The smallest absolute Gasteiger partial charge is 0.0401 e. The quantitative estimate of drug-likeness (QED) is 0.565. The van der Waals surface area contributed by atoms with Gasteiger partial charge in [-0.15, -0.1) is 0 Å². The van der Waals surface area contributed by atoms with Crippen LogP contribution in [0.4, 0.5) is 0 Å². The topological polar surface area (TPSA) is 25.2 Å². The van der Waals surface area contributed by atoms with E-state index in [9.17, 15) is 0 Å². The minimum Gasteiger partial charge on any atom is -0.269 e. The van der Waals surface area contributed by atoms with Gasteiger partial charge in [0.1, 0.15) is 0 Å². The van der Waals surface area contributed by atoms with E-state index in [2.05, 4.69) is 42.3 Å². The van der Waals surface area contributed by atoms with Gasteiger partial charge in [0.15, 0.2) is 0 Å². The van der Waals surface area contributed by atoms with Gasteiger partial charge in [0.2, 0.25) is 0 Å². The van der Waals surface area contributed by atoms with E-state index in [1.54, 1.807) is 0 Å². The maximum absolute atomic E-state index is 4.20. The monoisotopic (exact) mass is 244 g/mol. The summed E-state index contributed by atoms with van der Waals surface area (Å²) >= 11 is 0. The van der Waals surface area contributed by atoms with Gasteiger partial charge >= 0.3 is 0 Å². The van der Waals surface area contributed by atoms with Crippen LogP contribution in [0.25, 0.3) is 0 Å². The highest BCUT2D eigenvalue weighted by Crippen LogP contribution is 2.04. The number of hydrogen-bond donors (Lipinski definition) is 0. The fourth-order valence-electron chi connectivity index (χ4n) is 1.25. The standard InChI is InChI=1S/C8H11N.C8H13N/c1-3-8-5-4-7(2)6-9-8;1-5-8(9-4)6-7(2)3/h4-6H,3H2,1-2H3;6H,2,4-5H2,1,3H3/b;8-6-. The summed E-state index contributed by atoms with van der Waals surface area (Å²) in [6, 6.07) is 4.15. The number of pyridine rings is 1. The number of aryl methyl sites for hydroxylation is 2. The van der Waals surface area contributed by atoms with Gasteiger partial charge < -0.3 is 0 Å². The number of aliphatic imine (C=N–C) groups is 1. The Kier molecular flexibility index (Phi) is 8.46. The van der Waals surface area contributed by atoms with Gasteiger partial charge in [0, 0.05) is 17.6 Å². The van der Waals surface area contributed by atoms with Gasteiger partial charge in [0.05, 0.1) is 0 Å². The van der Waals surface area contributed by atoms with E-state index in [-0.39, 0.29) is 0 Å². The first-order valence-corrected chi connectivity index (χ1v) is 6.27. The highest BCUT2D eigenvalue weighted by atomic mass is 14.7. The van der Waals surface area contributed by atoms with E-state index >= 15 is 0 Å². The van der Waals surface area contributed by atoms with Gasteiger partial charge in [-0.25, -0.2) is 0 Å². The van der Waals surface area contributed by atoms with Gasteiger partial charge in [-0.2, -0.15) is 0 Å². The molecule has 0 atom stereocenters. The molecule has 0 spiro atoms. The first-order chi connectivity index (χ1) is 8.53. The van der Waals surface area contributed by atoms with Crippen molar-refractivity contribution in [1.82, 2.24) is 4.98 Å². The van der Waals surface area contributed by atoms with Crippen LogP contribution in [-0.4, -0.2) is 11.7 Å².